The quantitative estimate of drug-likeness (QED) is 0.741. The van der Waals surface area contributed by atoms with Gasteiger partial charge in [0.2, 0.25) is 11.8 Å². The van der Waals surface area contributed by atoms with Crippen molar-refractivity contribution in [1.82, 2.24) is 10.2 Å². The maximum atomic E-state index is 12.6. The van der Waals surface area contributed by atoms with E-state index >= 15 is 0 Å². The van der Waals surface area contributed by atoms with Crippen LogP contribution in [0.5, 0.6) is 0 Å². The zero-order valence-electron chi connectivity index (χ0n) is 15.6. The van der Waals surface area contributed by atoms with E-state index in [2.05, 4.69) is 38.3 Å². The second-order valence-corrected chi connectivity index (χ2v) is 8.50. The van der Waals surface area contributed by atoms with Crippen molar-refractivity contribution < 1.29 is 14.0 Å². The normalized spacial score (nSPS) is 22.1. The number of amides is 2. The smallest absolute Gasteiger partial charge is 0.225 e. The third-order valence-electron chi connectivity index (χ3n) is 5.54. The van der Waals surface area contributed by atoms with Gasteiger partial charge in [0.25, 0.3) is 0 Å². The minimum Gasteiger partial charge on any atom is -0.467 e. The molecule has 0 radical (unpaired) electrons. The predicted molar refractivity (Wildman–Crippen MR) is 110 cm³/mol. The Kier molecular flexibility index (Phi) is 5.71. The zero-order chi connectivity index (χ0) is 19.5. The van der Waals surface area contributed by atoms with Crippen LogP contribution in [0.2, 0.25) is 0 Å². The summed E-state index contributed by atoms with van der Waals surface area (Å²) in [6, 6.07) is 12.0. The maximum Gasteiger partial charge on any atom is 0.225 e. The lowest BCUT2D eigenvalue weighted by atomic mass is 10.1. The van der Waals surface area contributed by atoms with Gasteiger partial charge >= 0.3 is 0 Å². The molecule has 148 valence electrons. The van der Waals surface area contributed by atoms with Gasteiger partial charge in [0.1, 0.15) is 5.76 Å². The number of benzene rings is 1. The molecule has 2 aliphatic heterocycles. The molecule has 0 saturated carbocycles. The molecule has 28 heavy (non-hydrogen) atoms. The van der Waals surface area contributed by atoms with Crippen LogP contribution in [0, 0.1) is 11.8 Å². The Hall–Kier alpha value is -2.28. The van der Waals surface area contributed by atoms with Gasteiger partial charge in [-0.3, -0.25) is 9.59 Å². The van der Waals surface area contributed by atoms with Crippen molar-refractivity contribution >= 4 is 33.4 Å². The number of halogens is 1. The Morgan fingerprint density at radius 2 is 2.14 bits per heavy atom. The molecule has 2 atom stereocenters. The van der Waals surface area contributed by atoms with Crippen LogP contribution in [0.15, 0.2) is 51.6 Å². The topological polar surface area (TPSA) is 65.8 Å². The SMILES string of the molecule is O=C(NCC1CCN(c2cccc(Br)c2)C1)C1CC(=O)N(Cc2ccco2)C1. The van der Waals surface area contributed by atoms with Crippen molar-refractivity contribution in [2.24, 2.45) is 11.8 Å². The van der Waals surface area contributed by atoms with E-state index in [9.17, 15) is 9.59 Å². The van der Waals surface area contributed by atoms with Gasteiger partial charge < -0.3 is 19.5 Å². The van der Waals surface area contributed by atoms with Crippen LogP contribution in [0.1, 0.15) is 18.6 Å². The van der Waals surface area contributed by atoms with Crippen LogP contribution < -0.4 is 10.2 Å². The standard InChI is InChI=1S/C21H24BrN3O3/c22-17-3-1-4-18(10-17)24-7-6-15(12-24)11-23-21(27)16-9-20(26)25(13-16)14-19-5-2-8-28-19/h1-5,8,10,15-16H,6-7,9,11-14H2,(H,23,27). The number of nitrogens with one attached hydrogen (secondary N) is 1. The largest absolute Gasteiger partial charge is 0.467 e. The van der Waals surface area contributed by atoms with E-state index in [1.165, 1.54) is 5.69 Å². The number of rotatable bonds is 6. The fourth-order valence-corrected chi connectivity index (χ4v) is 4.37. The summed E-state index contributed by atoms with van der Waals surface area (Å²) in [7, 11) is 0. The minimum absolute atomic E-state index is 0.0123. The highest BCUT2D eigenvalue weighted by Crippen LogP contribution is 2.26. The van der Waals surface area contributed by atoms with Gasteiger partial charge in [-0.15, -0.1) is 0 Å². The Bertz CT molecular complexity index is 839. The van der Waals surface area contributed by atoms with E-state index < -0.39 is 0 Å². The molecule has 0 bridgehead atoms. The number of hydrogen-bond acceptors (Lipinski definition) is 4. The number of furan rings is 1. The van der Waals surface area contributed by atoms with Gasteiger partial charge in [-0.1, -0.05) is 22.0 Å². The fraction of sp³-hybridized carbons (Fsp3) is 0.429. The lowest BCUT2D eigenvalue weighted by Crippen LogP contribution is -2.36. The van der Waals surface area contributed by atoms with Crippen LogP contribution in [0.3, 0.4) is 0 Å². The van der Waals surface area contributed by atoms with Crippen molar-refractivity contribution in [3.8, 4) is 0 Å². The summed E-state index contributed by atoms with van der Waals surface area (Å²) in [5, 5.41) is 3.07. The Morgan fingerprint density at radius 3 is 2.93 bits per heavy atom. The van der Waals surface area contributed by atoms with Crippen molar-refractivity contribution in [2.75, 3.05) is 31.1 Å². The fourth-order valence-electron chi connectivity index (χ4n) is 3.99. The second kappa shape index (κ2) is 8.39. The van der Waals surface area contributed by atoms with Crippen LogP contribution in [0.25, 0.3) is 0 Å². The van der Waals surface area contributed by atoms with E-state index in [1.807, 2.05) is 18.2 Å². The molecule has 2 saturated heterocycles. The Morgan fingerprint density at radius 1 is 1.25 bits per heavy atom. The molecule has 6 nitrogen and oxygen atoms in total. The van der Waals surface area contributed by atoms with Crippen molar-refractivity contribution in [3.05, 3.63) is 52.9 Å². The highest BCUT2D eigenvalue weighted by atomic mass is 79.9. The van der Waals surface area contributed by atoms with E-state index in [0.717, 1.165) is 29.7 Å². The van der Waals surface area contributed by atoms with Gasteiger partial charge in [-0.2, -0.15) is 0 Å². The molecule has 2 aromatic rings. The molecule has 4 rings (SSSR count). The number of likely N-dealkylation sites (tertiary alicyclic amines) is 1. The van der Waals surface area contributed by atoms with Crippen LogP contribution >= 0.6 is 15.9 Å². The van der Waals surface area contributed by atoms with Gasteiger partial charge in [0.15, 0.2) is 0 Å². The predicted octanol–water partition coefficient (Wildman–Crippen LogP) is 3.03. The Balaban J connectivity index is 1.24. The van der Waals surface area contributed by atoms with Crippen LogP contribution in [-0.4, -0.2) is 42.9 Å². The second-order valence-electron chi connectivity index (χ2n) is 7.58. The molecule has 1 N–H and O–H groups in total. The van der Waals surface area contributed by atoms with Crippen molar-refractivity contribution in [3.63, 3.8) is 0 Å². The summed E-state index contributed by atoms with van der Waals surface area (Å²) in [6.07, 6.45) is 2.93. The van der Waals surface area contributed by atoms with Crippen molar-refractivity contribution in [2.45, 2.75) is 19.4 Å². The average molecular weight is 446 g/mol. The molecular formula is C21H24BrN3O3. The van der Waals surface area contributed by atoms with E-state index in [0.29, 0.717) is 25.6 Å². The van der Waals surface area contributed by atoms with Gasteiger partial charge in [0, 0.05) is 42.8 Å². The lowest BCUT2D eigenvalue weighted by molar-refractivity contribution is -0.129. The molecule has 0 aliphatic carbocycles. The molecule has 1 aromatic carbocycles. The molecule has 2 fully saturated rings. The monoisotopic (exact) mass is 445 g/mol. The molecule has 3 heterocycles. The summed E-state index contributed by atoms with van der Waals surface area (Å²) >= 11 is 3.52. The first-order valence-electron chi connectivity index (χ1n) is 9.67. The first-order valence-corrected chi connectivity index (χ1v) is 10.5. The number of carbonyl (C=O) groups excluding carboxylic acids is 2. The summed E-state index contributed by atoms with van der Waals surface area (Å²) in [4.78, 5) is 28.8. The number of hydrogen-bond donors (Lipinski definition) is 1. The number of nitrogens with zero attached hydrogens (tertiary/aromatic N) is 2. The summed E-state index contributed by atoms with van der Waals surface area (Å²) in [5.41, 5.74) is 1.21. The van der Waals surface area contributed by atoms with Gasteiger partial charge in [-0.25, -0.2) is 0 Å². The molecule has 2 unspecified atom stereocenters. The lowest BCUT2D eigenvalue weighted by Gasteiger charge is -2.19. The van der Waals surface area contributed by atoms with Gasteiger partial charge in [-0.05, 0) is 42.7 Å². The van der Waals surface area contributed by atoms with Gasteiger partial charge in [0.05, 0.1) is 18.7 Å². The summed E-state index contributed by atoms with van der Waals surface area (Å²) < 4.78 is 6.38. The molecule has 1 aromatic heterocycles. The third kappa shape index (κ3) is 4.41. The van der Waals surface area contributed by atoms with E-state index in [1.54, 1.807) is 17.2 Å². The first-order chi connectivity index (χ1) is 13.6. The maximum absolute atomic E-state index is 12.6. The summed E-state index contributed by atoms with van der Waals surface area (Å²) in [5.74, 6) is 0.895. The minimum atomic E-state index is -0.273. The zero-order valence-corrected chi connectivity index (χ0v) is 17.2. The number of anilines is 1. The van der Waals surface area contributed by atoms with Crippen LogP contribution in [0.4, 0.5) is 5.69 Å². The molecule has 7 heteroatoms. The summed E-state index contributed by atoms with van der Waals surface area (Å²) in [6.45, 7) is 3.48. The Labute approximate surface area is 173 Å². The third-order valence-corrected chi connectivity index (χ3v) is 6.03. The van der Waals surface area contributed by atoms with Crippen LogP contribution in [-0.2, 0) is 16.1 Å². The van der Waals surface area contributed by atoms with Crippen molar-refractivity contribution in [1.29, 1.82) is 0 Å². The molecular weight excluding hydrogens is 422 g/mol. The molecule has 2 amide bonds. The van der Waals surface area contributed by atoms with E-state index in [4.69, 9.17) is 4.42 Å². The molecule has 0 spiro atoms. The van der Waals surface area contributed by atoms with E-state index in [-0.39, 0.29) is 24.2 Å². The first kappa shape index (κ1) is 19.1. The highest BCUT2D eigenvalue weighted by molar-refractivity contribution is 9.10. The number of carbonyl (C=O) groups is 2. The highest BCUT2D eigenvalue weighted by Gasteiger charge is 2.35. The molecule has 2 aliphatic rings. The average Bonchev–Trinajstić information content (AvgIpc) is 3.42.